The maximum atomic E-state index is 11.5. The molecular weight excluding hydrogens is 328 g/mol. The summed E-state index contributed by atoms with van der Waals surface area (Å²) in [7, 11) is 0. The quantitative estimate of drug-likeness (QED) is 0.612. The number of furan rings is 1. The Hall–Kier alpha value is -2.88. The third kappa shape index (κ3) is 3.79. The Morgan fingerprint density at radius 2 is 2.12 bits per heavy atom. The molecule has 0 spiro atoms. The van der Waals surface area contributed by atoms with Crippen LogP contribution in [0.15, 0.2) is 22.8 Å². The molecule has 1 aliphatic rings. The standard InChI is InChI=1S/C15H20N6O4/c1-9-7-20(8-10(2)25-9)14-12(21(22)23)13(16)18-15(19-14)17-6-11-4-3-5-24-11/h3-5,9-10H,6-8H2,1-2H3,(H3,16,17,18,19). The lowest BCUT2D eigenvalue weighted by Crippen LogP contribution is -2.46. The molecule has 10 heteroatoms. The molecule has 0 amide bonds. The van der Waals surface area contributed by atoms with Crippen LogP contribution in [0.1, 0.15) is 19.6 Å². The number of nitrogen functional groups attached to an aromatic ring is 1. The van der Waals surface area contributed by atoms with Crippen molar-refractivity contribution in [3.63, 3.8) is 0 Å². The summed E-state index contributed by atoms with van der Waals surface area (Å²) in [5.74, 6) is 0.919. The number of hydrogen-bond donors (Lipinski definition) is 2. The molecular formula is C15H20N6O4. The van der Waals surface area contributed by atoms with Gasteiger partial charge in [-0.1, -0.05) is 0 Å². The molecule has 2 unspecified atom stereocenters. The number of nitrogens with two attached hydrogens (primary N) is 1. The minimum Gasteiger partial charge on any atom is -0.467 e. The molecule has 2 atom stereocenters. The van der Waals surface area contributed by atoms with Gasteiger partial charge in [-0.15, -0.1) is 0 Å². The van der Waals surface area contributed by atoms with Crippen LogP contribution in [0, 0.1) is 10.1 Å². The third-order valence-electron chi connectivity index (χ3n) is 3.80. The van der Waals surface area contributed by atoms with Crippen LogP contribution in [0.5, 0.6) is 0 Å². The Morgan fingerprint density at radius 1 is 1.40 bits per heavy atom. The molecule has 3 heterocycles. The maximum absolute atomic E-state index is 11.5. The maximum Gasteiger partial charge on any atom is 0.353 e. The topological polar surface area (TPSA) is 133 Å². The number of ether oxygens (including phenoxy) is 1. The van der Waals surface area contributed by atoms with Crippen molar-refractivity contribution < 1.29 is 14.1 Å². The summed E-state index contributed by atoms with van der Waals surface area (Å²) < 4.78 is 10.9. The molecule has 1 fully saturated rings. The normalized spacial score (nSPS) is 20.5. The molecule has 10 nitrogen and oxygen atoms in total. The summed E-state index contributed by atoms with van der Waals surface area (Å²) in [6.45, 7) is 5.14. The fourth-order valence-corrected chi connectivity index (χ4v) is 2.86. The van der Waals surface area contributed by atoms with Crippen molar-refractivity contribution >= 4 is 23.3 Å². The van der Waals surface area contributed by atoms with Crippen LogP contribution < -0.4 is 16.0 Å². The lowest BCUT2D eigenvalue weighted by Gasteiger charge is -2.35. The number of nitrogens with one attached hydrogen (secondary N) is 1. The number of rotatable bonds is 5. The number of nitro groups is 1. The van der Waals surface area contributed by atoms with E-state index in [-0.39, 0.29) is 35.5 Å². The van der Waals surface area contributed by atoms with Crippen LogP contribution in [0.2, 0.25) is 0 Å². The SMILES string of the molecule is CC1CN(c2nc(NCc3ccco3)nc(N)c2[N+](=O)[O-])CC(C)O1. The van der Waals surface area contributed by atoms with Gasteiger partial charge in [-0.3, -0.25) is 10.1 Å². The van der Waals surface area contributed by atoms with Crippen molar-refractivity contribution in [1.29, 1.82) is 0 Å². The average Bonchev–Trinajstić information content (AvgIpc) is 3.04. The molecule has 2 aromatic rings. The second-order valence-corrected chi connectivity index (χ2v) is 5.96. The zero-order chi connectivity index (χ0) is 18.0. The van der Waals surface area contributed by atoms with Crippen molar-refractivity contribution in [2.24, 2.45) is 0 Å². The van der Waals surface area contributed by atoms with E-state index in [1.165, 1.54) is 0 Å². The number of aromatic nitrogens is 2. The minimum atomic E-state index is -0.550. The van der Waals surface area contributed by atoms with Gasteiger partial charge in [0.25, 0.3) is 0 Å². The van der Waals surface area contributed by atoms with Crippen molar-refractivity contribution in [2.45, 2.75) is 32.6 Å². The van der Waals surface area contributed by atoms with Gasteiger partial charge in [0.05, 0.1) is 29.9 Å². The monoisotopic (exact) mass is 348 g/mol. The zero-order valence-electron chi connectivity index (χ0n) is 14.0. The predicted molar refractivity (Wildman–Crippen MR) is 91.4 cm³/mol. The first kappa shape index (κ1) is 17.0. The van der Waals surface area contributed by atoms with Gasteiger partial charge in [-0.2, -0.15) is 9.97 Å². The predicted octanol–water partition coefficient (Wildman–Crippen LogP) is 1.79. The first-order chi connectivity index (χ1) is 11.9. The number of nitrogens with zero attached hydrogens (tertiary/aromatic N) is 4. The van der Waals surface area contributed by atoms with Gasteiger partial charge in [-0.05, 0) is 26.0 Å². The first-order valence-electron chi connectivity index (χ1n) is 7.92. The van der Waals surface area contributed by atoms with Gasteiger partial charge in [-0.25, -0.2) is 0 Å². The van der Waals surface area contributed by atoms with E-state index in [9.17, 15) is 10.1 Å². The summed E-state index contributed by atoms with van der Waals surface area (Å²) in [6, 6.07) is 3.57. The van der Waals surface area contributed by atoms with Crippen molar-refractivity contribution in [3.8, 4) is 0 Å². The summed E-state index contributed by atoms with van der Waals surface area (Å²) in [6.07, 6.45) is 1.42. The summed E-state index contributed by atoms with van der Waals surface area (Å²) in [4.78, 5) is 21.1. The smallest absolute Gasteiger partial charge is 0.353 e. The molecule has 0 radical (unpaired) electrons. The van der Waals surface area contributed by atoms with Gasteiger partial charge in [0, 0.05) is 13.1 Å². The first-order valence-corrected chi connectivity index (χ1v) is 7.92. The Bertz CT molecular complexity index is 741. The van der Waals surface area contributed by atoms with Crippen molar-refractivity contribution in [3.05, 3.63) is 34.3 Å². The van der Waals surface area contributed by atoms with Gasteiger partial charge < -0.3 is 25.1 Å². The van der Waals surface area contributed by atoms with Crippen molar-refractivity contribution in [2.75, 3.05) is 29.0 Å². The highest BCUT2D eigenvalue weighted by atomic mass is 16.6. The van der Waals surface area contributed by atoms with Crippen molar-refractivity contribution in [1.82, 2.24) is 9.97 Å². The zero-order valence-corrected chi connectivity index (χ0v) is 14.0. The van der Waals surface area contributed by atoms with Crippen LogP contribution in [0.3, 0.4) is 0 Å². The molecule has 3 rings (SSSR count). The van der Waals surface area contributed by atoms with E-state index in [4.69, 9.17) is 14.9 Å². The lowest BCUT2D eigenvalue weighted by molar-refractivity contribution is -0.383. The van der Waals surface area contributed by atoms with E-state index in [0.717, 1.165) is 0 Å². The van der Waals surface area contributed by atoms with E-state index in [1.807, 2.05) is 18.7 Å². The van der Waals surface area contributed by atoms with Crippen LogP contribution in [0.4, 0.5) is 23.3 Å². The third-order valence-corrected chi connectivity index (χ3v) is 3.80. The van der Waals surface area contributed by atoms with Crippen LogP contribution >= 0.6 is 0 Å². The van der Waals surface area contributed by atoms with Gasteiger partial charge >= 0.3 is 5.69 Å². The highest BCUT2D eigenvalue weighted by Gasteiger charge is 2.32. The number of hydrogen-bond acceptors (Lipinski definition) is 9. The van der Waals surface area contributed by atoms with Gasteiger partial charge in [0.15, 0.2) is 0 Å². The van der Waals surface area contributed by atoms with Gasteiger partial charge in [0.2, 0.25) is 17.6 Å². The number of morpholine rings is 1. The molecule has 0 bridgehead atoms. The highest BCUT2D eigenvalue weighted by Crippen LogP contribution is 2.33. The van der Waals surface area contributed by atoms with Crippen LogP contribution in [-0.4, -0.2) is 40.2 Å². The Labute approximate surface area is 144 Å². The van der Waals surface area contributed by atoms with Gasteiger partial charge in [0.1, 0.15) is 5.76 Å². The van der Waals surface area contributed by atoms with E-state index < -0.39 is 4.92 Å². The largest absolute Gasteiger partial charge is 0.467 e. The Balaban J connectivity index is 1.91. The summed E-state index contributed by atoms with van der Waals surface area (Å²) in [5.41, 5.74) is 5.55. The fourth-order valence-electron chi connectivity index (χ4n) is 2.86. The molecule has 25 heavy (non-hydrogen) atoms. The van der Waals surface area contributed by atoms with E-state index in [0.29, 0.717) is 25.4 Å². The summed E-state index contributed by atoms with van der Waals surface area (Å²) in [5, 5.41) is 14.4. The van der Waals surface area contributed by atoms with Crippen LogP contribution in [-0.2, 0) is 11.3 Å². The van der Waals surface area contributed by atoms with E-state index in [1.54, 1.807) is 18.4 Å². The fraction of sp³-hybridized carbons (Fsp3) is 0.467. The molecule has 0 aromatic carbocycles. The lowest BCUT2D eigenvalue weighted by atomic mass is 10.2. The molecule has 0 aliphatic carbocycles. The molecule has 1 aliphatic heterocycles. The second kappa shape index (κ2) is 6.93. The average molecular weight is 348 g/mol. The minimum absolute atomic E-state index is 0.0703. The molecule has 0 saturated carbocycles. The second-order valence-electron chi connectivity index (χ2n) is 5.96. The Kier molecular flexibility index (Phi) is 4.70. The number of anilines is 3. The van der Waals surface area contributed by atoms with E-state index in [2.05, 4.69) is 15.3 Å². The summed E-state index contributed by atoms with van der Waals surface area (Å²) >= 11 is 0. The Morgan fingerprint density at radius 3 is 2.72 bits per heavy atom. The van der Waals surface area contributed by atoms with E-state index >= 15 is 0 Å². The molecule has 134 valence electrons. The van der Waals surface area contributed by atoms with Crippen LogP contribution in [0.25, 0.3) is 0 Å². The molecule has 3 N–H and O–H groups in total. The highest BCUT2D eigenvalue weighted by molar-refractivity contribution is 5.71. The molecule has 1 saturated heterocycles. The molecule has 2 aromatic heterocycles.